The molecule has 0 amide bonds. The highest BCUT2D eigenvalue weighted by Gasteiger charge is 2.12. The number of methoxy groups -OCH3 is 1. The van der Waals surface area contributed by atoms with Crippen molar-refractivity contribution in [3.8, 4) is 5.75 Å². The number of fused-ring (bicyclic) bond motifs is 1. The largest absolute Gasteiger partial charge is 0.465 e. The van der Waals surface area contributed by atoms with E-state index in [-0.39, 0.29) is 6.79 Å². The summed E-state index contributed by atoms with van der Waals surface area (Å²) in [7, 11) is 1.50. The first-order chi connectivity index (χ1) is 7.24. The predicted octanol–water partition coefficient (Wildman–Crippen LogP) is 2.45. The van der Waals surface area contributed by atoms with Crippen molar-refractivity contribution in [2.75, 3.05) is 13.9 Å². The Balaban J connectivity index is 2.53. The van der Waals surface area contributed by atoms with Crippen LogP contribution in [0.1, 0.15) is 0 Å². The number of halogens is 2. The maximum atomic E-state index is 13.4. The van der Waals surface area contributed by atoms with Crippen LogP contribution in [0, 0.1) is 5.82 Å². The molecule has 0 atom stereocenters. The fraction of sp³-hybridized carbons (Fsp3) is 0.222. The molecule has 15 heavy (non-hydrogen) atoms. The summed E-state index contributed by atoms with van der Waals surface area (Å²) < 4.78 is 23.7. The van der Waals surface area contributed by atoms with E-state index in [2.05, 4.69) is 26.1 Å². The summed E-state index contributed by atoms with van der Waals surface area (Å²) in [6, 6.07) is 1.28. The van der Waals surface area contributed by atoms with Gasteiger partial charge in [-0.1, -0.05) is 0 Å². The summed E-state index contributed by atoms with van der Waals surface area (Å²) in [6.07, 6.45) is 1.53. The van der Waals surface area contributed by atoms with Crippen molar-refractivity contribution in [2.24, 2.45) is 0 Å². The number of nitrogens with zero attached hydrogens (tertiary/aromatic N) is 1. The van der Waals surface area contributed by atoms with Crippen LogP contribution >= 0.6 is 15.9 Å². The molecular formula is C9H8BrFN2O2. The van der Waals surface area contributed by atoms with Crippen LogP contribution in [-0.4, -0.2) is 24.1 Å². The number of ether oxygens (including phenoxy) is 2. The summed E-state index contributed by atoms with van der Waals surface area (Å²) in [4.78, 5) is 0. The number of benzene rings is 1. The first kappa shape index (κ1) is 10.4. The van der Waals surface area contributed by atoms with E-state index in [1.165, 1.54) is 19.4 Å². The van der Waals surface area contributed by atoms with E-state index in [0.29, 0.717) is 21.1 Å². The molecule has 0 bridgehead atoms. The normalized spacial score (nSPS) is 10.9. The second-order valence-electron chi connectivity index (χ2n) is 2.88. The Morgan fingerprint density at radius 3 is 3.13 bits per heavy atom. The maximum Gasteiger partial charge on any atom is 0.188 e. The van der Waals surface area contributed by atoms with Gasteiger partial charge in [0.2, 0.25) is 0 Å². The number of aromatic nitrogens is 2. The predicted molar refractivity (Wildman–Crippen MR) is 56.3 cm³/mol. The highest BCUT2D eigenvalue weighted by Crippen LogP contribution is 2.32. The number of hydrogen-bond donors (Lipinski definition) is 1. The Bertz CT molecular complexity index is 486. The summed E-state index contributed by atoms with van der Waals surface area (Å²) >= 11 is 3.14. The van der Waals surface area contributed by atoms with Crippen LogP contribution in [0.15, 0.2) is 16.7 Å². The number of hydrogen-bond acceptors (Lipinski definition) is 3. The molecule has 0 radical (unpaired) electrons. The minimum atomic E-state index is -0.394. The van der Waals surface area contributed by atoms with Crippen molar-refractivity contribution < 1.29 is 13.9 Å². The van der Waals surface area contributed by atoms with Crippen LogP contribution < -0.4 is 4.74 Å². The summed E-state index contributed by atoms with van der Waals surface area (Å²) in [6.45, 7) is 0.0647. The summed E-state index contributed by atoms with van der Waals surface area (Å²) in [5, 5.41) is 7.21. The molecule has 1 aromatic heterocycles. The van der Waals surface area contributed by atoms with Gasteiger partial charge in [0.25, 0.3) is 0 Å². The standard InChI is InChI=1S/C9H8BrFN2O2/c1-14-4-15-7-2-6(11)8(10)5-3-12-13-9(5)7/h2-3H,4H2,1H3,(H,12,13). The molecule has 2 aromatic rings. The molecule has 0 aliphatic rings. The molecule has 0 aliphatic heterocycles. The van der Waals surface area contributed by atoms with Crippen LogP contribution in [0.5, 0.6) is 5.75 Å². The minimum absolute atomic E-state index is 0.0647. The lowest BCUT2D eigenvalue weighted by molar-refractivity contribution is 0.0519. The van der Waals surface area contributed by atoms with Gasteiger partial charge in [0.15, 0.2) is 12.5 Å². The van der Waals surface area contributed by atoms with Gasteiger partial charge in [-0.05, 0) is 15.9 Å². The number of rotatable bonds is 3. The molecule has 0 fully saturated rings. The summed E-state index contributed by atoms with van der Waals surface area (Å²) in [5.41, 5.74) is 0.639. The Hall–Kier alpha value is -1.14. The molecule has 1 N–H and O–H groups in total. The van der Waals surface area contributed by atoms with E-state index in [4.69, 9.17) is 9.47 Å². The SMILES string of the molecule is COCOc1cc(F)c(Br)c2cn[nH]c12. The molecule has 0 aliphatic carbocycles. The molecule has 4 nitrogen and oxygen atoms in total. The van der Waals surface area contributed by atoms with Crippen LogP contribution in [0.3, 0.4) is 0 Å². The van der Waals surface area contributed by atoms with E-state index in [1.54, 1.807) is 0 Å². The molecule has 6 heteroatoms. The van der Waals surface area contributed by atoms with Crippen molar-refractivity contribution in [2.45, 2.75) is 0 Å². The lowest BCUT2D eigenvalue weighted by Crippen LogP contribution is -2.00. The molecule has 1 aromatic carbocycles. The van der Waals surface area contributed by atoms with E-state index in [1.807, 2.05) is 0 Å². The number of nitrogens with one attached hydrogen (secondary N) is 1. The van der Waals surface area contributed by atoms with Crippen molar-refractivity contribution in [1.82, 2.24) is 10.2 Å². The quantitative estimate of drug-likeness (QED) is 0.875. The van der Waals surface area contributed by atoms with Crippen molar-refractivity contribution in [1.29, 1.82) is 0 Å². The zero-order valence-corrected chi connectivity index (χ0v) is 9.47. The lowest BCUT2D eigenvalue weighted by Gasteiger charge is -2.06. The monoisotopic (exact) mass is 274 g/mol. The highest BCUT2D eigenvalue weighted by molar-refractivity contribution is 9.10. The zero-order valence-electron chi connectivity index (χ0n) is 7.88. The highest BCUT2D eigenvalue weighted by atomic mass is 79.9. The van der Waals surface area contributed by atoms with E-state index in [0.717, 1.165) is 0 Å². The van der Waals surface area contributed by atoms with Gasteiger partial charge in [-0.2, -0.15) is 5.10 Å². The Morgan fingerprint density at radius 2 is 2.40 bits per heavy atom. The van der Waals surface area contributed by atoms with Crippen molar-refractivity contribution in [3.05, 3.63) is 22.6 Å². The van der Waals surface area contributed by atoms with Gasteiger partial charge in [-0.3, -0.25) is 5.10 Å². The van der Waals surface area contributed by atoms with Crippen LogP contribution in [0.25, 0.3) is 10.9 Å². The molecule has 80 valence electrons. The Morgan fingerprint density at radius 1 is 1.60 bits per heavy atom. The fourth-order valence-electron chi connectivity index (χ4n) is 1.26. The van der Waals surface area contributed by atoms with Gasteiger partial charge in [-0.25, -0.2) is 4.39 Å². The van der Waals surface area contributed by atoms with Gasteiger partial charge >= 0.3 is 0 Å². The average Bonchev–Trinajstić information content (AvgIpc) is 2.70. The third-order valence-electron chi connectivity index (χ3n) is 1.92. The molecule has 0 unspecified atom stereocenters. The maximum absolute atomic E-state index is 13.4. The van der Waals surface area contributed by atoms with Gasteiger partial charge in [0.05, 0.1) is 10.7 Å². The van der Waals surface area contributed by atoms with E-state index >= 15 is 0 Å². The molecule has 0 saturated carbocycles. The van der Waals surface area contributed by atoms with E-state index < -0.39 is 5.82 Å². The third-order valence-corrected chi connectivity index (χ3v) is 2.73. The van der Waals surface area contributed by atoms with Gasteiger partial charge < -0.3 is 9.47 Å². The van der Waals surface area contributed by atoms with Gasteiger partial charge in [0.1, 0.15) is 11.3 Å². The van der Waals surface area contributed by atoms with Crippen molar-refractivity contribution >= 4 is 26.8 Å². The van der Waals surface area contributed by atoms with Crippen LogP contribution in [-0.2, 0) is 4.74 Å². The molecule has 0 spiro atoms. The first-order valence-electron chi connectivity index (χ1n) is 4.17. The van der Waals surface area contributed by atoms with Crippen LogP contribution in [0.2, 0.25) is 0 Å². The lowest BCUT2D eigenvalue weighted by atomic mass is 10.2. The fourth-order valence-corrected chi connectivity index (χ4v) is 1.67. The number of aromatic amines is 1. The van der Waals surface area contributed by atoms with E-state index in [9.17, 15) is 4.39 Å². The van der Waals surface area contributed by atoms with Crippen LogP contribution in [0.4, 0.5) is 4.39 Å². The minimum Gasteiger partial charge on any atom is -0.465 e. The van der Waals surface area contributed by atoms with Gasteiger partial charge in [0, 0.05) is 18.6 Å². The second-order valence-corrected chi connectivity index (χ2v) is 3.67. The molecule has 2 rings (SSSR count). The Labute approximate surface area is 93.5 Å². The zero-order chi connectivity index (χ0) is 10.8. The molecule has 0 saturated heterocycles. The number of H-pyrrole nitrogens is 1. The van der Waals surface area contributed by atoms with Gasteiger partial charge in [-0.15, -0.1) is 0 Å². The van der Waals surface area contributed by atoms with Crippen molar-refractivity contribution in [3.63, 3.8) is 0 Å². The molecular weight excluding hydrogens is 267 g/mol. The topological polar surface area (TPSA) is 47.1 Å². The summed E-state index contributed by atoms with van der Waals surface area (Å²) in [5.74, 6) is -0.0138. The average molecular weight is 275 g/mol. The molecule has 1 heterocycles. The Kier molecular flexibility index (Phi) is 2.88. The second kappa shape index (κ2) is 4.16. The smallest absolute Gasteiger partial charge is 0.188 e. The third kappa shape index (κ3) is 1.82. The first-order valence-corrected chi connectivity index (χ1v) is 4.96.